The van der Waals surface area contributed by atoms with Gasteiger partial charge in [-0.05, 0) is 18.1 Å². The highest BCUT2D eigenvalue weighted by Crippen LogP contribution is 2.17. The highest BCUT2D eigenvalue weighted by molar-refractivity contribution is 5.30. The number of aliphatic hydroxyl groups is 3. The third kappa shape index (κ3) is 1.85. The molecule has 0 aliphatic heterocycles. The minimum Gasteiger partial charge on any atom is -0.510 e. The molecule has 1 aliphatic carbocycles. The Morgan fingerprint density at radius 2 is 2.33 bits per heavy atom. The first kappa shape index (κ1) is 9.25. The van der Waals surface area contributed by atoms with Crippen molar-refractivity contribution in [3.05, 3.63) is 23.5 Å². The van der Waals surface area contributed by atoms with Crippen molar-refractivity contribution < 1.29 is 15.3 Å². The Bertz CT molecular complexity index is 222. The van der Waals surface area contributed by atoms with Gasteiger partial charge in [-0.3, -0.25) is 0 Å². The molecule has 1 rings (SSSR count). The molecule has 0 fully saturated rings. The van der Waals surface area contributed by atoms with Gasteiger partial charge in [-0.15, -0.1) is 0 Å². The van der Waals surface area contributed by atoms with Gasteiger partial charge in [0, 0.05) is 6.54 Å². The molecule has 4 heteroatoms. The van der Waals surface area contributed by atoms with Crippen LogP contribution < -0.4 is 5.73 Å². The summed E-state index contributed by atoms with van der Waals surface area (Å²) in [5.41, 5.74) is 5.79. The van der Waals surface area contributed by atoms with Gasteiger partial charge in [0.1, 0.15) is 11.9 Å². The van der Waals surface area contributed by atoms with Gasteiger partial charge >= 0.3 is 0 Å². The lowest BCUT2D eigenvalue weighted by atomic mass is 9.99. The van der Waals surface area contributed by atoms with Crippen LogP contribution >= 0.6 is 0 Å². The molecule has 1 aliphatic rings. The molecule has 0 saturated heterocycles. The molecule has 68 valence electrons. The topological polar surface area (TPSA) is 86.7 Å². The summed E-state index contributed by atoms with van der Waals surface area (Å²) in [5, 5.41) is 27.4. The zero-order valence-electron chi connectivity index (χ0n) is 6.64. The molecule has 0 spiro atoms. The molecule has 0 amide bonds. The van der Waals surface area contributed by atoms with Gasteiger partial charge in [-0.1, -0.05) is 6.08 Å². The minimum absolute atomic E-state index is 0.111. The molecule has 0 aromatic heterocycles. The van der Waals surface area contributed by atoms with Gasteiger partial charge < -0.3 is 21.1 Å². The lowest BCUT2D eigenvalue weighted by molar-refractivity contribution is 0.149. The fourth-order valence-electron chi connectivity index (χ4n) is 1.06. The third-order valence-corrected chi connectivity index (χ3v) is 1.84. The third-order valence-electron chi connectivity index (χ3n) is 1.84. The van der Waals surface area contributed by atoms with Crippen LogP contribution in [0, 0.1) is 0 Å². The molecular weight excluding hydrogens is 158 g/mol. The maximum atomic E-state index is 9.26. The van der Waals surface area contributed by atoms with E-state index in [-0.39, 0.29) is 12.3 Å². The van der Waals surface area contributed by atoms with E-state index in [1.165, 1.54) is 6.08 Å². The molecule has 4 nitrogen and oxygen atoms in total. The predicted octanol–water partition coefficient (Wildman–Crippen LogP) is -0.561. The molecule has 0 heterocycles. The average Bonchev–Trinajstić information content (AvgIpc) is 2.08. The van der Waals surface area contributed by atoms with E-state index in [9.17, 15) is 5.11 Å². The van der Waals surface area contributed by atoms with Gasteiger partial charge in [0.15, 0.2) is 0 Å². The van der Waals surface area contributed by atoms with Crippen LogP contribution in [0.4, 0.5) is 0 Å². The predicted molar refractivity (Wildman–Crippen MR) is 44.5 cm³/mol. The number of nitrogens with two attached hydrogens (primary N) is 1. The van der Waals surface area contributed by atoms with Gasteiger partial charge in [-0.2, -0.15) is 0 Å². The van der Waals surface area contributed by atoms with E-state index in [2.05, 4.69) is 0 Å². The maximum absolute atomic E-state index is 9.26. The minimum atomic E-state index is -0.835. The van der Waals surface area contributed by atoms with Crippen LogP contribution in [0.25, 0.3) is 0 Å². The Morgan fingerprint density at radius 1 is 1.67 bits per heavy atom. The Kier molecular flexibility index (Phi) is 2.86. The first-order valence-electron chi connectivity index (χ1n) is 3.82. The molecule has 0 bridgehead atoms. The van der Waals surface area contributed by atoms with E-state index in [4.69, 9.17) is 15.9 Å². The molecule has 0 aromatic rings. The van der Waals surface area contributed by atoms with Crippen molar-refractivity contribution in [3.8, 4) is 0 Å². The Balaban J connectivity index is 2.71. The Labute approximate surface area is 70.6 Å². The van der Waals surface area contributed by atoms with E-state index in [1.807, 2.05) is 0 Å². The van der Waals surface area contributed by atoms with Crippen LogP contribution in [-0.2, 0) is 0 Å². The van der Waals surface area contributed by atoms with Crippen molar-refractivity contribution in [3.63, 3.8) is 0 Å². The fraction of sp³-hybridized carbons (Fsp3) is 0.500. The summed E-state index contributed by atoms with van der Waals surface area (Å²) in [4.78, 5) is 0. The van der Waals surface area contributed by atoms with Crippen LogP contribution in [0.1, 0.15) is 6.42 Å². The monoisotopic (exact) mass is 171 g/mol. The van der Waals surface area contributed by atoms with Crippen molar-refractivity contribution in [2.45, 2.75) is 18.6 Å². The van der Waals surface area contributed by atoms with Crippen LogP contribution in [0.3, 0.4) is 0 Å². The Morgan fingerprint density at radius 3 is 2.83 bits per heavy atom. The first-order valence-corrected chi connectivity index (χ1v) is 3.82. The highest BCUT2D eigenvalue weighted by atomic mass is 16.3. The van der Waals surface area contributed by atoms with E-state index in [0.717, 1.165) is 0 Å². The van der Waals surface area contributed by atoms with Crippen LogP contribution in [0.5, 0.6) is 0 Å². The van der Waals surface area contributed by atoms with Crippen LogP contribution in [0.2, 0.25) is 0 Å². The zero-order valence-corrected chi connectivity index (χ0v) is 6.64. The van der Waals surface area contributed by atoms with Crippen LogP contribution in [0.15, 0.2) is 23.5 Å². The van der Waals surface area contributed by atoms with Gasteiger partial charge in [-0.25, -0.2) is 0 Å². The van der Waals surface area contributed by atoms with Crippen molar-refractivity contribution in [2.75, 3.05) is 6.54 Å². The summed E-state index contributed by atoms with van der Waals surface area (Å²) in [7, 11) is 0. The van der Waals surface area contributed by atoms with E-state index < -0.39 is 12.2 Å². The van der Waals surface area contributed by atoms with Crippen molar-refractivity contribution in [1.29, 1.82) is 0 Å². The van der Waals surface area contributed by atoms with Gasteiger partial charge in [0.25, 0.3) is 0 Å². The summed E-state index contributed by atoms with van der Waals surface area (Å²) in [6.07, 6.45) is 1.76. The van der Waals surface area contributed by atoms with Crippen molar-refractivity contribution in [2.24, 2.45) is 5.73 Å². The molecule has 1 unspecified atom stereocenters. The SMILES string of the molecule is NC[C@H](O)C1=CCC(O)C(O)=C1. The number of hydrogen-bond acceptors (Lipinski definition) is 4. The second-order valence-corrected chi connectivity index (χ2v) is 2.78. The van der Waals surface area contributed by atoms with Gasteiger partial charge in [0.2, 0.25) is 0 Å². The molecule has 2 atom stereocenters. The van der Waals surface area contributed by atoms with E-state index in [0.29, 0.717) is 12.0 Å². The highest BCUT2D eigenvalue weighted by Gasteiger charge is 2.17. The summed E-state index contributed by atoms with van der Waals surface area (Å²) >= 11 is 0. The van der Waals surface area contributed by atoms with Crippen molar-refractivity contribution in [1.82, 2.24) is 0 Å². The maximum Gasteiger partial charge on any atom is 0.121 e. The zero-order chi connectivity index (χ0) is 9.14. The lowest BCUT2D eigenvalue weighted by Gasteiger charge is -2.17. The smallest absolute Gasteiger partial charge is 0.121 e. The van der Waals surface area contributed by atoms with Crippen molar-refractivity contribution >= 4 is 0 Å². The molecule has 0 radical (unpaired) electrons. The largest absolute Gasteiger partial charge is 0.510 e. The summed E-state index contributed by atoms with van der Waals surface area (Å²) in [6.45, 7) is 0.117. The summed E-state index contributed by atoms with van der Waals surface area (Å²) in [5.74, 6) is -0.111. The molecule has 0 saturated carbocycles. The molecular formula is C8H13NO3. The average molecular weight is 171 g/mol. The Hall–Kier alpha value is -0.840. The first-order chi connectivity index (χ1) is 5.65. The molecule has 5 N–H and O–H groups in total. The standard InChI is InChI=1S/C8H13NO3/c9-4-8(12)5-1-2-6(10)7(11)3-5/h1,3,6,8,10-12H,2,4,9H2/t6?,8-/m0/s1. The summed E-state index contributed by atoms with van der Waals surface area (Å²) in [6, 6.07) is 0. The quantitative estimate of drug-likeness (QED) is 0.448. The van der Waals surface area contributed by atoms with Crippen LogP contribution in [-0.4, -0.2) is 34.1 Å². The number of hydrogen-bond donors (Lipinski definition) is 4. The molecule has 12 heavy (non-hydrogen) atoms. The van der Waals surface area contributed by atoms with E-state index in [1.54, 1.807) is 6.08 Å². The number of rotatable bonds is 2. The number of aliphatic hydroxyl groups excluding tert-OH is 3. The molecule has 0 aromatic carbocycles. The lowest BCUT2D eigenvalue weighted by Crippen LogP contribution is -2.24. The second kappa shape index (κ2) is 3.71. The normalized spacial score (nSPS) is 26.1. The fourth-order valence-corrected chi connectivity index (χ4v) is 1.06. The van der Waals surface area contributed by atoms with Gasteiger partial charge in [0.05, 0.1) is 6.10 Å². The summed E-state index contributed by atoms with van der Waals surface area (Å²) < 4.78 is 0. The second-order valence-electron chi connectivity index (χ2n) is 2.78. The van der Waals surface area contributed by atoms with E-state index >= 15 is 0 Å².